The van der Waals surface area contributed by atoms with Crippen molar-refractivity contribution in [3.63, 3.8) is 0 Å². The molecule has 0 unspecified atom stereocenters. The maximum absolute atomic E-state index is 13.5. The Morgan fingerprint density at radius 3 is 2.83 bits per heavy atom. The summed E-state index contributed by atoms with van der Waals surface area (Å²) in [5.74, 6) is -0.565. The lowest BCUT2D eigenvalue weighted by Gasteiger charge is -2.41. The molecule has 1 saturated heterocycles. The first-order valence-electron chi connectivity index (χ1n) is 8.21. The highest BCUT2D eigenvalue weighted by molar-refractivity contribution is 7.89. The minimum atomic E-state index is -3.78. The van der Waals surface area contributed by atoms with E-state index in [2.05, 4.69) is 0 Å². The van der Waals surface area contributed by atoms with Crippen LogP contribution in [0.5, 0.6) is 0 Å². The van der Waals surface area contributed by atoms with Crippen molar-refractivity contribution in [3.8, 4) is 0 Å². The summed E-state index contributed by atoms with van der Waals surface area (Å²) in [6.07, 6.45) is 2.93. The monoisotopic (exact) mass is 359 g/mol. The van der Waals surface area contributed by atoms with Crippen LogP contribution in [0, 0.1) is 18.2 Å². The minimum absolute atomic E-state index is 0.00753. The zero-order valence-corrected chi connectivity index (χ0v) is 15.1. The van der Waals surface area contributed by atoms with E-state index >= 15 is 0 Å². The van der Waals surface area contributed by atoms with Crippen LogP contribution in [0.1, 0.15) is 31.2 Å². The SMILES string of the molecule is COCCC[C@]1(CO)CCCN(S(=O)(=O)c2cc(F)ccc2C)C1. The van der Waals surface area contributed by atoms with Crippen molar-refractivity contribution in [3.05, 3.63) is 29.6 Å². The highest BCUT2D eigenvalue weighted by atomic mass is 32.2. The van der Waals surface area contributed by atoms with Crippen molar-refractivity contribution >= 4 is 10.0 Å². The molecule has 1 aliphatic rings. The number of sulfonamides is 1. The van der Waals surface area contributed by atoms with Crippen LogP contribution in [0.25, 0.3) is 0 Å². The second-order valence-corrected chi connectivity index (χ2v) is 8.51. The van der Waals surface area contributed by atoms with Gasteiger partial charge in [-0.05, 0) is 50.3 Å². The quantitative estimate of drug-likeness (QED) is 0.759. The second-order valence-electron chi connectivity index (χ2n) is 6.61. The van der Waals surface area contributed by atoms with Gasteiger partial charge in [-0.1, -0.05) is 6.07 Å². The number of aryl methyl sites for hydroxylation is 1. The Kier molecular flexibility index (Phi) is 6.36. The number of nitrogens with zero attached hydrogens (tertiary/aromatic N) is 1. The first-order chi connectivity index (χ1) is 11.3. The van der Waals surface area contributed by atoms with Gasteiger partial charge in [0.25, 0.3) is 0 Å². The van der Waals surface area contributed by atoms with Crippen molar-refractivity contribution in [2.75, 3.05) is 33.4 Å². The molecule has 1 aliphatic heterocycles. The van der Waals surface area contributed by atoms with Gasteiger partial charge in [0, 0.05) is 38.8 Å². The third kappa shape index (κ3) is 4.14. The molecule has 0 amide bonds. The number of hydrogen-bond donors (Lipinski definition) is 1. The molecule has 136 valence electrons. The molecule has 0 saturated carbocycles. The molecule has 5 nitrogen and oxygen atoms in total. The summed E-state index contributed by atoms with van der Waals surface area (Å²) < 4.78 is 45.9. The van der Waals surface area contributed by atoms with Gasteiger partial charge in [0.1, 0.15) is 5.82 Å². The first-order valence-corrected chi connectivity index (χ1v) is 9.65. The lowest BCUT2D eigenvalue weighted by Crippen LogP contribution is -2.48. The van der Waals surface area contributed by atoms with Gasteiger partial charge < -0.3 is 9.84 Å². The Morgan fingerprint density at radius 1 is 1.42 bits per heavy atom. The van der Waals surface area contributed by atoms with Crippen LogP contribution in [-0.4, -0.2) is 51.2 Å². The molecule has 1 N–H and O–H groups in total. The van der Waals surface area contributed by atoms with Gasteiger partial charge in [0.2, 0.25) is 10.0 Å². The van der Waals surface area contributed by atoms with Gasteiger partial charge >= 0.3 is 0 Å². The van der Waals surface area contributed by atoms with Gasteiger partial charge in [0.05, 0.1) is 4.90 Å². The number of piperidine rings is 1. The van der Waals surface area contributed by atoms with E-state index in [1.54, 1.807) is 14.0 Å². The summed E-state index contributed by atoms with van der Waals surface area (Å²) in [6.45, 7) is 2.83. The van der Waals surface area contributed by atoms with E-state index in [1.807, 2.05) is 0 Å². The van der Waals surface area contributed by atoms with Crippen molar-refractivity contribution in [1.82, 2.24) is 4.31 Å². The fourth-order valence-corrected chi connectivity index (χ4v) is 5.19. The number of aliphatic hydroxyl groups excluding tert-OH is 1. The third-order valence-corrected chi connectivity index (χ3v) is 6.77. The van der Waals surface area contributed by atoms with E-state index in [0.717, 1.165) is 18.9 Å². The smallest absolute Gasteiger partial charge is 0.243 e. The van der Waals surface area contributed by atoms with Crippen molar-refractivity contribution in [1.29, 1.82) is 0 Å². The Hall–Kier alpha value is -1.02. The number of aliphatic hydroxyl groups is 1. The van der Waals surface area contributed by atoms with Crippen LogP contribution in [-0.2, 0) is 14.8 Å². The minimum Gasteiger partial charge on any atom is -0.396 e. The van der Waals surface area contributed by atoms with Crippen LogP contribution in [0.4, 0.5) is 4.39 Å². The highest BCUT2D eigenvalue weighted by Gasteiger charge is 2.39. The van der Waals surface area contributed by atoms with Crippen LogP contribution in [0.2, 0.25) is 0 Å². The molecular weight excluding hydrogens is 333 g/mol. The van der Waals surface area contributed by atoms with E-state index in [4.69, 9.17) is 4.74 Å². The molecule has 0 spiro atoms. The number of rotatable bonds is 7. The van der Waals surface area contributed by atoms with Gasteiger partial charge in [-0.15, -0.1) is 0 Å². The fraction of sp³-hybridized carbons (Fsp3) is 0.647. The number of methoxy groups -OCH3 is 1. The average Bonchev–Trinajstić information content (AvgIpc) is 2.57. The van der Waals surface area contributed by atoms with E-state index in [1.165, 1.54) is 16.4 Å². The number of ether oxygens (including phenoxy) is 1. The Bertz CT molecular complexity index is 665. The van der Waals surface area contributed by atoms with Gasteiger partial charge in [-0.25, -0.2) is 12.8 Å². The fourth-order valence-electron chi connectivity index (χ4n) is 3.36. The molecule has 0 aromatic heterocycles. The zero-order chi connectivity index (χ0) is 17.8. The van der Waals surface area contributed by atoms with Crippen LogP contribution >= 0.6 is 0 Å². The topological polar surface area (TPSA) is 66.8 Å². The molecule has 24 heavy (non-hydrogen) atoms. The van der Waals surface area contributed by atoms with Gasteiger partial charge in [-0.3, -0.25) is 0 Å². The summed E-state index contributed by atoms with van der Waals surface area (Å²) in [6, 6.07) is 3.81. The molecule has 1 heterocycles. The average molecular weight is 359 g/mol. The molecule has 0 bridgehead atoms. The van der Waals surface area contributed by atoms with Crippen molar-refractivity contribution in [2.24, 2.45) is 5.41 Å². The first kappa shape index (κ1) is 19.3. The lowest BCUT2D eigenvalue weighted by molar-refractivity contribution is 0.0472. The number of benzene rings is 1. The molecular formula is C17H26FNO4S. The van der Waals surface area contributed by atoms with Crippen molar-refractivity contribution < 1.29 is 22.7 Å². The molecule has 7 heteroatoms. The summed E-state index contributed by atoms with van der Waals surface area (Å²) in [5.41, 5.74) is 0.0707. The Labute approximate surface area is 143 Å². The summed E-state index contributed by atoms with van der Waals surface area (Å²) >= 11 is 0. The highest BCUT2D eigenvalue weighted by Crippen LogP contribution is 2.37. The van der Waals surface area contributed by atoms with Crippen molar-refractivity contribution in [2.45, 2.75) is 37.5 Å². The van der Waals surface area contributed by atoms with E-state index in [9.17, 15) is 17.9 Å². The number of hydrogen-bond acceptors (Lipinski definition) is 4. The Morgan fingerprint density at radius 2 is 2.17 bits per heavy atom. The molecule has 0 radical (unpaired) electrons. The second kappa shape index (κ2) is 7.91. The standard InChI is InChI=1S/C17H26FNO4S/c1-14-5-6-15(18)11-16(14)24(21,22)19-9-3-7-17(12-19,13-20)8-4-10-23-2/h5-6,11,20H,3-4,7-10,12-13H2,1-2H3/t17-/m1/s1. The zero-order valence-electron chi connectivity index (χ0n) is 14.3. The van der Waals surface area contributed by atoms with Crippen LogP contribution in [0.3, 0.4) is 0 Å². The molecule has 1 atom stereocenters. The number of halogens is 1. The third-order valence-electron chi connectivity index (χ3n) is 4.79. The van der Waals surface area contributed by atoms with E-state index in [0.29, 0.717) is 31.6 Å². The summed E-state index contributed by atoms with van der Waals surface area (Å²) in [4.78, 5) is 0.00753. The van der Waals surface area contributed by atoms with Gasteiger partial charge in [-0.2, -0.15) is 4.31 Å². The maximum atomic E-state index is 13.5. The molecule has 0 aliphatic carbocycles. The predicted octanol–water partition coefficient (Wildman–Crippen LogP) is 2.32. The molecule has 1 aromatic rings. The van der Waals surface area contributed by atoms with E-state index in [-0.39, 0.29) is 18.0 Å². The normalized spacial score (nSPS) is 22.7. The van der Waals surface area contributed by atoms with Gasteiger partial charge in [0.15, 0.2) is 0 Å². The van der Waals surface area contributed by atoms with E-state index < -0.39 is 21.3 Å². The molecule has 1 fully saturated rings. The summed E-state index contributed by atoms with van der Waals surface area (Å²) in [7, 11) is -2.15. The molecule has 1 aromatic carbocycles. The lowest BCUT2D eigenvalue weighted by atomic mass is 9.78. The summed E-state index contributed by atoms with van der Waals surface area (Å²) in [5, 5.41) is 9.87. The van der Waals surface area contributed by atoms with Crippen LogP contribution < -0.4 is 0 Å². The molecule has 2 rings (SSSR count). The predicted molar refractivity (Wildman–Crippen MR) is 89.8 cm³/mol. The van der Waals surface area contributed by atoms with Crippen LogP contribution in [0.15, 0.2) is 23.1 Å². The Balaban J connectivity index is 2.25. The largest absolute Gasteiger partial charge is 0.396 e. The maximum Gasteiger partial charge on any atom is 0.243 e.